The molecule has 0 heterocycles. The van der Waals surface area contributed by atoms with E-state index in [1.54, 1.807) is 0 Å². The number of nitrogens with one attached hydrogen (secondary N) is 1. The molecule has 0 amide bonds. The fourth-order valence-corrected chi connectivity index (χ4v) is 3.18. The fraction of sp³-hybridized carbons (Fsp3) is 0.667. The predicted molar refractivity (Wildman–Crippen MR) is 84.8 cm³/mol. The van der Waals surface area contributed by atoms with Gasteiger partial charge < -0.3 is 10.4 Å². The van der Waals surface area contributed by atoms with E-state index >= 15 is 0 Å². The van der Waals surface area contributed by atoms with Gasteiger partial charge in [0.05, 0.1) is 6.10 Å². The molecule has 0 saturated heterocycles. The van der Waals surface area contributed by atoms with Crippen LogP contribution in [0, 0.1) is 5.92 Å². The summed E-state index contributed by atoms with van der Waals surface area (Å²) in [6, 6.07) is 11.1. The quantitative estimate of drug-likeness (QED) is 0.760. The van der Waals surface area contributed by atoms with E-state index in [4.69, 9.17) is 0 Å². The zero-order valence-electron chi connectivity index (χ0n) is 12.7. The molecule has 1 saturated carbocycles. The van der Waals surface area contributed by atoms with Crippen molar-refractivity contribution >= 4 is 0 Å². The summed E-state index contributed by atoms with van der Waals surface area (Å²) in [6.45, 7) is 2.96. The second-order valence-corrected chi connectivity index (χ2v) is 6.37. The number of rotatable bonds is 8. The number of hydrogen-bond acceptors (Lipinski definition) is 2. The Morgan fingerprint density at radius 1 is 1.20 bits per heavy atom. The van der Waals surface area contributed by atoms with Crippen LogP contribution in [-0.4, -0.2) is 23.8 Å². The molecule has 1 aromatic rings. The molecule has 2 nitrogen and oxygen atoms in total. The molecule has 0 radical (unpaired) electrons. The van der Waals surface area contributed by atoms with E-state index in [1.165, 1.54) is 31.2 Å². The van der Waals surface area contributed by atoms with Crippen LogP contribution in [0.4, 0.5) is 0 Å². The van der Waals surface area contributed by atoms with Gasteiger partial charge in [0.15, 0.2) is 0 Å². The maximum absolute atomic E-state index is 10.1. The van der Waals surface area contributed by atoms with Crippen LogP contribution >= 0.6 is 0 Å². The van der Waals surface area contributed by atoms with Gasteiger partial charge in [0.25, 0.3) is 0 Å². The van der Waals surface area contributed by atoms with E-state index in [9.17, 15) is 5.11 Å². The maximum atomic E-state index is 10.1. The number of benzene rings is 1. The highest BCUT2D eigenvalue weighted by Gasteiger charge is 2.18. The van der Waals surface area contributed by atoms with Gasteiger partial charge in [0.2, 0.25) is 0 Å². The van der Waals surface area contributed by atoms with Crippen molar-refractivity contribution in [3.05, 3.63) is 35.9 Å². The topological polar surface area (TPSA) is 32.3 Å². The normalized spacial score (nSPS) is 19.1. The van der Waals surface area contributed by atoms with Crippen LogP contribution in [0.1, 0.15) is 51.0 Å². The summed E-state index contributed by atoms with van der Waals surface area (Å²) in [5.41, 5.74) is 1.40. The molecular formula is C18H29NO. The smallest absolute Gasteiger partial charge is 0.0667 e. The van der Waals surface area contributed by atoms with Gasteiger partial charge in [-0.25, -0.2) is 0 Å². The minimum Gasteiger partial charge on any atom is -0.392 e. The van der Waals surface area contributed by atoms with Gasteiger partial charge >= 0.3 is 0 Å². The first-order valence-corrected chi connectivity index (χ1v) is 8.19. The Balaban J connectivity index is 1.58. The number of aryl methyl sites for hydroxylation is 1. The van der Waals surface area contributed by atoms with Crippen molar-refractivity contribution < 1.29 is 5.11 Å². The van der Waals surface area contributed by atoms with Crippen LogP contribution in [0.5, 0.6) is 0 Å². The summed E-state index contributed by atoms with van der Waals surface area (Å²) in [5.74, 6) is 0.770. The van der Waals surface area contributed by atoms with E-state index in [0.717, 1.165) is 31.7 Å². The lowest BCUT2D eigenvalue weighted by atomic mass is 10.00. The SMILES string of the molecule is CC(CCc1ccccc1)NCC(O)CC1CCCC1. The highest BCUT2D eigenvalue weighted by molar-refractivity contribution is 5.14. The third kappa shape index (κ3) is 5.64. The molecule has 0 spiro atoms. The summed E-state index contributed by atoms with van der Waals surface area (Å²) in [5, 5.41) is 13.6. The number of aliphatic hydroxyl groups is 1. The van der Waals surface area contributed by atoms with E-state index in [2.05, 4.69) is 42.6 Å². The molecule has 20 heavy (non-hydrogen) atoms. The Morgan fingerprint density at radius 2 is 1.90 bits per heavy atom. The summed E-state index contributed by atoms with van der Waals surface area (Å²) in [4.78, 5) is 0. The molecule has 1 aliphatic carbocycles. The Hall–Kier alpha value is -0.860. The largest absolute Gasteiger partial charge is 0.392 e. The average Bonchev–Trinajstić information content (AvgIpc) is 2.97. The van der Waals surface area contributed by atoms with Crippen molar-refractivity contribution in [1.29, 1.82) is 0 Å². The summed E-state index contributed by atoms with van der Waals surface area (Å²) in [7, 11) is 0. The highest BCUT2D eigenvalue weighted by atomic mass is 16.3. The monoisotopic (exact) mass is 275 g/mol. The lowest BCUT2D eigenvalue weighted by Crippen LogP contribution is -2.34. The first-order valence-electron chi connectivity index (χ1n) is 8.19. The summed E-state index contributed by atoms with van der Waals surface area (Å²) in [6.07, 6.45) is 8.40. The first-order chi connectivity index (χ1) is 9.74. The van der Waals surface area contributed by atoms with E-state index in [-0.39, 0.29) is 6.10 Å². The van der Waals surface area contributed by atoms with Crippen molar-refractivity contribution in [2.45, 2.75) is 64.0 Å². The van der Waals surface area contributed by atoms with Crippen LogP contribution in [-0.2, 0) is 6.42 Å². The molecule has 1 aliphatic rings. The standard InChI is InChI=1S/C18H29NO/c1-15(11-12-16-7-3-2-4-8-16)19-14-18(20)13-17-9-5-6-10-17/h2-4,7-8,15,17-20H,5-6,9-14H2,1H3. The average molecular weight is 275 g/mol. The van der Waals surface area contributed by atoms with Crippen LogP contribution in [0.2, 0.25) is 0 Å². The van der Waals surface area contributed by atoms with Gasteiger partial charge in [-0.3, -0.25) is 0 Å². The molecule has 2 unspecified atom stereocenters. The van der Waals surface area contributed by atoms with E-state index in [0.29, 0.717) is 6.04 Å². The van der Waals surface area contributed by atoms with Crippen molar-refractivity contribution in [3.8, 4) is 0 Å². The van der Waals surface area contributed by atoms with E-state index < -0.39 is 0 Å². The highest BCUT2D eigenvalue weighted by Crippen LogP contribution is 2.28. The van der Waals surface area contributed by atoms with Gasteiger partial charge in [-0.2, -0.15) is 0 Å². The van der Waals surface area contributed by atoms with Gasteiger partial charge in [0.1, 0.15) is 0 Å². The summed E-state index contributed by atoms with van der Waals surface area (Å²) >= 11 is 0. The van der Waals surface area contributed by atoms with Gasteiger partial charge in [0, 0.05) is 12.6 Å². The molecule has 112 valence electrons. The van der Waals surface area contributed by atoms with Crippen LogP contribution in [0.25, 0.3) is 0 Å². The molecule has 0 bridgehead atoms. The van der Waals surface area contributed by atoms with Gasteiger partial charge in [-0.1, -0.05) is 56.0 Å². The van der Waals surface area contributed by atoms with Gasteiger partial charge in [-0.15, -0.1) is 0 Å². The lowest BCUT2D eigenvalue weighted by Gasteiger charge is -2.19. The number of aliphatic hydroxyl groups excluding tert-OH is 1. The Bertz CT molecular complexity index is 359. The molecule has 2 atom stereocenters. The third-order valence-electron chi connectivity index (χ3n) is 4.49. The van der Waals surface area contributed by atoms with Crippen molar-refractivity contribution in [2.75, 3.05) is 6.54 Å². The van der Waals surface area contributed by atoms with Crippen molar-refractivity contribution in [2.24, 2.45) is 5.92 Å². The first kappa shape index (κ1) is 15.5. The second-order valence-electron chi connectivity index (χ2n) is 6.37. The van der Waals surface area contributed by atoms with Crippen LogP contribution in [0.3, 0.4) is 0 Å². The Kier molecular flexibility index (Phi) is 6.55. The van der Waals surface area contributed by atoms with Crippen molar-refractivity contribution in [1.82, 2.24) is 5.32 Å². The molecule has 1 fully saturated rings. The summed E-state index contributed by atoms with van der Waals surface area (Å²) < 4.78 is 0. The molecule has 0 aromatic heterocycles. The number of hydrogen-bond donors (Lipinski definition) is 2. The molecule has 2 rings (SSSR count). The molecule has 2 heteroatoms. The molecule has 1 aromatic carbocycles. The zero-order valence-corrected chi connectivity index (χ0v) is 12.7. The molecule has 2 N–H and O–H groups in total. The Morgan fingerprint density at radius 3 is 2.60 bits per heavy atom. The fourth-order valence-electron chi connectivity index (χ4n) is 3.18. The van der Waals surface area contributed by atoms with Crippen LogP contribution < -0.4 is 5.32 Å². The van der Waals surface area contributed by atoms with Crippen molar-refractivity contribution in [3.63, 3.8) is 0 Å². The minimum absolute atomic E-state index is 0.169. The minimum atomic E-state index is -0.169. The molecular weight excluding hydrogens is 246 g/mol. The lowest BCUT2D eigenvalue weighted by molar-refractivity contribution is 0.137. The zero-order chi connectivity index (χ0) is 14.2. The molecule has 0 aliphatic heterocycles. The predicted octanol–water partition coefficient (Wildman–Crippen LogP) is 3.54. The van der Waals surface area contributed by atoms with E-state index in [1.807, 2.05) is 0 Å². The third-order valence-corrected chi connectivity index (χ3v) is 4.49. The maximum Gasteiger partial charge on any atom is 0.0667 e. The van der Waals surface area contributed by atoms with Gasteiger partial charge in [-0.05, 0) is 37.7 Å². The van der Waals surface area contributed by atoms with Crippen LogP contribution in [0.15, 0.2) is 30.3 Å². The second kappa shape index (κ2) is 8.43. The Labute approximate surface area is 123 Å².